The van der Waals surface area contributed by atoms with Gasteiger partial charge in [-0.1, -0.05) is 6.07 Å². The fourth-order valence-electron chi connectivity index (χ4n) is 2.34. The molecule has 0 aromatic heterocycles. The molecule has 0 saturated heterocycles. The lowest BCUT2D eigenvalue weighted by Gasteiger charge is -2.29. The van der Waals surface area contributed by atoms with E-state index in [0.717, 1.165) is 18.9 Å². The molecule has 0 heterocycles. The summed E-state index contributed by atoms with van der Waals surface area (Å²) >= 11 is 0. The number of anilines is 1. The van der Waals surface area contributed by atoms with Crippen molar-refractivity contribution < 1.29 is 13.6 Å². The van der Waals surface area contributed by atoms with E-state index < -0.39 is 35.4 Å². The summed E-state index contributed by atoms with van der Waals surface area (Å²) in [6.07, 6.45) is 1.66. The molecule has 1 fully saturated rings. The van der Waals surface area contributed by atoms with Gasteiger partial charge in [0, 0.05) is 12.6 Å². The molecule has 0 aliphatic heterocycles. The first-order valence-corrected chi connectivity index (χ1v) is 6.44. The number of halogens is 3. The summed E-state index contributed by atoms with van der Waals surface area (Å²) in [7, 11) is 1.47. The van der Waals surface area contributed by atoms with E-state index in [0.29, 0.717) is 0 Å². The third-order valence-corrected chi connectivity index (χ3v) is 3.52. The first-order valence-electron chi connectivity index (χ1n) is 6.44. The van der Waals surface area contributed by atoms with E-state index in [1.165, 1.54) is 18.0 Å². The Hall–Kier alpha value is -2.09. The number of urea groups is 1. The predicted octanol–water partition coefficient (Wildman–Crippen LogP) is 1.95. The van der Waals surface area contributed by atoms with Crippen molar-refractivity contribution in [3.8, 4) is 0 Å². The third kappa shape index (κ3) is 3.56. The van der Waals surface area contributed by atoms with E-state index in [2.05, 4.69) is 5.32 Å². The highest BCUT2D eigenvalue weighted by atomic mass is 35.5. The molecular weight excluding hydrogens is 316 g/mol. The fourth-order valence-corrected chi connectivity index (χ4v) is 2.34. The van der Waals surface area contributed by atoms with Crippen molar-refractivity contribution in [2.24, 2.45) is 11.7 Å². The topological polar surface area (TPSA) is 108 Å². The number of rotatable bonds is 3. The fraction of sp³-hybridized carbons (Fsp3) is 0.385. The average molecular weight is 334 g/mol. The summed E-state index contributed by atoms with van der Waals surface area (Å²) in [5.74, 6) is -2.11. The molecule has 1 aliphatic rings. The molecule has 0 bridgehead atoms. The predicted molar refractivity (Wildman–Crippen MR) is 81.7 cm³/mol. The van der Waals surface area contributed by atoms with Gasteiger partial charge in [-0.05, 0) is 24.8 Å². The molecule has 22 heavy (non-hydrogen) atoms. The van der Waals surface area contributed by atoms with Crippen LogP contribution in [0, 0.1) is 23.0 Å². The molecule has 9 heteroatoms. The number of hydrogen-bond acceptors (Lipinski definition) is 3. The van der Waals surface area contributed by atoms with Crippen LogP contribution in [0.25, 0.3) is 0 Å². The molecule has 2 rings (SSSR count). The van der Waals surface area contributed by atoms with Crippen molar-refractivity contribution in [3.63, 3.8) is 0 Å². The van der Waals surface area contributed by atoms with Crippen LogP contribution in [0.15, 0.2) is 12.1 Å². The zero-order chi connectivity index (χ0) is 15.7. The smallest absolute Gasteiger partial charge is 0.324 e. The Kier molecular flexibility index (Phi) is 5.54. The Labute approximate surface area is 132 Å². The van der Waals surface area contributed by atoms with Gasteiger partial charge in [0.05, 0.1) is 6.04 Å². The molecule has 2 amide bonds. The van der Waals surface area contributed by atoms with E-state index in [9.17, 15) is 13.6 Å². The molecule has 1 aromatic carbocycles. The van der Waals surface area contributed by atoms with Crippen LogP contribution in [0.5, 0.6) is 0 Å². The Morgan fingerprint density at radius 1 is 1.45 bits per heavy atom. The van der Waals surface area contributed by atoms with Gasteiger partial charge in [0.15, 0.2) is 11.8 Å². The van der Waals surface area contributed by atoms with E-state index in [1.807, 2.05) is 0 Å². The Morgan fingerprint density at radius 2 is 2.05 bits per heavy atom. The van der Waals surface area contributed by atoms with Crippen LogP contribution in [0.3, 0.4) is 0 Å². The summed E-state index contributed by atoms with van der Waals surface area (Å²) in [6, 6.07) is 1.18. The molecule has 1 aliphatic carbocycles. The van der Waals surface area contributed by atoms with E-state index in [-0.39, 0.29) is 23.9 Å². The first-order chi connectivity index (χ1) is 9.82. The maximum Gasteiger partial charge on any atom is 0.324 e. The van der Waals surface area contributed by atoms with E-state index >= 15 is 0 Å². The molecule has 1 atom stereocenters. The van der Waals surface area contributed by atoms with Gasteiger partial charge < -0.3 is 16.4 Å². The van der Waals surface area contributed by atoms with Crippen molar-refractivity contribution in [3.05, 3.63) is 29.3 Å². The minimum absolute atomic E-state index is 0. The number of carbonyl (C=O) groups excluding carboxylic acids is 1. The molecule has 6 N–H and O–H groups in total. The number of nitrogens with zero attached hydrogens (tertiary/aromatic N) is 1. The van der Waals surface area contributed by atoms with Gasteiger partial charge in [0.1, 0.15) is 11.5 Å². The van der Waals surface area contributed by atoms with Crippen molar-refractivity contribution >= 4 is 30.1 Å². The molecular formula is C13H18ClF2N5O. The SMILES string of the molecule is CN(C(=O)NC(=N)N)C(c1ccc(F)c(N)c1F)C1CC1.Cl. The second-order valence-electron chi connectivity index (χ2n) is 5.10. The monoisotopic (exact) mass is 333 g/mol. The van der Waals surface area contributed by atoms with E-state index in [1.54, 1.807) is 0 Å². The van der Waals surface area contributed by atoms with Gasteiger partial charge in [0.2, 0.25) is 0 Å². The number of nitrogens with two attached hydrogens (primary N) is 2. The number of benzene rings is 1. The second kappa shape index (κ2) is 6.78. The van der Waals surface area contributed by atoms with Crippen molar-refractivity contribution in [2.75, 3.05) is 12.8 Å². The number of nitrogen functional groups attached to an aromatic ring is 1. The van der Waals surface area contributed by atoms with Crippen molar-refractivity contribution in [2.45, 2.75) is 18.9 Å². The molecule has 6 nitrogen and oxygen atoms in total. The number of carbonyl (C=O) groups is 1. The van der Waals surface area contributed by atoms with Crippen LogP contribution in [-0.4, -0.2) is 23.9 Å². The van der Waals surface area contributed by atoms with Crippen molar-refractivity contribution in [1.82, 2.24) is 10.2 Å². The van der Waals surface area contributed by atoms with Gasteiger partial charge in [-0.3, -0.25) is 10.7 Å². The lowest BCUT2D eigenvalue weighted by atomic mass is 9.99. The Balaban J connectivity index is 0.00000242. The maximum atomic E-state index is 14.2. The van der Waals surface area contributed by atoms with Crippen LogP contribution < -0.4 is 16.8 Å². The number of nitrogens with one attached hydrogen (secondary N) is 2. The molecule has 1 unspecified atom stereocenters. The molecule has 122 valence electrons. The molecule has 1 aromatic rings. The summed E-state index contributed by atoms with van der Waals surface area (Å²) < 4.78 is 27.5. The van der Waals surface area contributed by atoms with Crippen LogP contribution in [-0.2, 0) is 0 Å². The summed E-state index contributed by atoms with van der Waals surface area (Å²) in [6.45, 7) is 0. The minimum atomic E-state index is -0.852. The number of amides is 2. The van der Waals surface area contributed by atoms with Crippen LogP contribution in [0.4, 0.5) is 19.3 Å². The quantitative estimate of drug-likeness (QED) is 0.385. The minimum Gasteiger partial charge on any atom is -0.394 e. The zero-order valence-electron chi connectivity index (χ0n) is 11.9. The Bertz CT molecular complexity index is 594. The average Bonchev–Trinajstić information content (AvgIpc) is 3.22. The molecule has 1 saturated carbocycles. The van der Waals surface area contributed by atoms with Crippen LogP contribution >= 0.6 is 12.4 Å². The molecule has 0 radical (unpaired) electrons. The summed E-state index contributed by atoms with van der Waals surface area (Å²) in [4.78, 5) is 13.2. The standard InChI is InChI=1S/C13H17F2N5O.ClH/c1-20(13(21)19-12(17)18)11(6-2-3-6)7-4-5-8(14)10(16)9(7)15;/h4-6,11H,2-3,16H2,1H3,(H4,17,18,19,21);1H. The summed E-state index contributed by atoms with van der Waals surface area (Å²) in [5.41, 5.74) is 10.1. The maximum absolute atomic E-state index is 14.2. The lowest BCUT2D eigenvalue weighted by Crippen LogP contribution is -2.45. The number of guanidine groups is 1. The number of hydrogen-bond donors (Lipinski definition) is 4. The zero-order valence-corrected chi connectivity index (χ0v) is 12.7. The second-order valence-corrected chi connectivity index (χ2v) is 5.10. The van der Waals surface area contributed by atoms with Gasteiger partial charge in [-0.2, -0.15) is 0 Å². The van der Waals surface area contributed by atoms with Gasteiger partial charge in [-0.15, -0.1) is 12.4 Å². The van der Waals surface area contributed by atoms with Crippen LogP contribution in [0.2, 0.25) is 0 Å². The highest BCUT2D eigenvalue weighted by Gasteiger charge is 2.39. The van der Waals surface area contributed by atoms with Crippen LogP contribution in [0.1, 0.15) is 24.4 Å². The van der Waals surface area contributed by atoms with Gasteiger partial charge in [-0.25, -0.2) is 13.6 Å². The highest BCUT2D eigenvalue weighted by Crippen LogP contribution is 2.45. The van der Waals surface area contributed by atoms with Gasteiger partial charge in [0.25, 0.3) is 0 Å². The lowest BCUT2D eigenvalue weighted by molar-refractivity contribution is 0.186. The summed E-state index contributed by atoms with van der Waals surface area (Å²) in [5, 5.41) is 9.21. The highest BCUT2D eigenvalue weighted by molar-refractivity contribution is 5.93. The Morgan fingerprint density at radius 3 is 2.55 bits per heavy atom. The third-order valence-electron chi connectivity index (χ3n) is 3.52. The van der Waals surface area contributed by atoms with Gasteiger partial charge >= 0.3 is 6.03 Å². The first kappa shape index (κ1) is 18.0. The normalized spacial score (nSPS) is 14.7. The largest absolute Gasteiger partial charge is 0.394 e. The van der Waals surface area contributed by atoms with Crippen molar-refractivity contribution in [1.29, 1.82) is 5.41 Å². The molecule has 0 spiro atoms. The van der Waals surface area contributed by atoms with E-state index in [4.69, 9.17) is 16.9 Å².